The van der Waals surface area contributed by atoms with E-state index in [0.29, 0.717) is 16.0 Å². The summed E-state index contributed by atoms with van der Waals surface area (Å²) >= 11 is 3.23. The van der Waals surface area contributed by atoms with Gasteiger partial charge < -0.3 is 10.4 Å². The molecule has 2 N–H and O–H groups in total. The van der Waals surface area contributed by atoms with Crippen molar-refractivity contribution in [1.29, 1.82) is 0 Å². The van der Waals surface area contributed by atoms with Crippen LogP contribution in [0, 0.1) is 11.7 Å². The van der Waals surface area contributed by atoms with Crippen LogP contribution in [0.1, 0.15) is 31.9 Å². The van der Waals surface area contributed by atoms with Crippen LogP contribution in [0.3, 0.4) is 0 Å². The summed E-state index contributed by atoms with van der Waals surface area (Å²) in [5.41, 5.74) is 0.687. The minimum absolute atomic E-state index is 0. The molecule has 0 unspecified atom stereocenters. The van der Waals surface area contributed by atoms with E-state index in [2.05, 4.69) is 40.0 Å². The molecule has 0 aromatic heterocycles. The van der Waals surface area contributed by atoms with E-state index in [0.717, 1.165) is 32.6 Å². The number of nitrogens with one attached hydrogen (secondary N) is 1. The average Bonchev–Trinajstić information content (AvgIpc) is 2.41. The third-order valence-corrected chi connectivity index (χ3v) is 4.31. The smallest absolute Gasteiger partial charge is 0.134 e. The Kier molecular flexibility index (Phi) is 9.90. The summed E-state index contributed by atoms with van der Waals surface area (Å²) in [4.78, 5) is 2.33. The summed E-state index contributed by atoms with van der Waals surface area (Å²) in [6, 6.07) is 2.84. The van der Waals surface area contributed by atoms with E-state index < -0.39 is 0 Å². The van der Waals surface area contributed by atoms with E-state index in [4.69, 9.17) is 0 Å². The molecule has 0 bridgehead atoms. The van der Waals surface area contributed by atoms with Gasteiger partial charge in [-0.3, -0.25) is 4.90 Å². The second kappa shape index (κ2) is 9.93. The molecule has 0 spiro atoms. The number of phenols is 1. The fourth-order valence-electron chi connectivity index (χ4n) is 2.75. The van der Waals surface area contributed by atoms with Gasteiger partial charge in [0.05, 0.1) is 4.47 Å². The lowest BCUT2D eigenvalue weighted by atomic mass is 9.94. The minimum atomic E-state index is -0.312. The van der Waals surface area contributed by atoms with Gasteiger partial charge in [0.15, 0.2) is 0 Å². The Morgan fingerprint density at radius 1 is 1.27 bits per heavy atom. The van der Waals surface area contributed by atoms with Gasteiger partial charge in [0.25, 0.3) is 0 Å². The van der Waals surface area contributed by atoms with Crippen LogP contribution in [0.2, 0.25) is 0 Å². The molecule has 0 aliphatic carbocycles. The Labute approximate surface area is 152 Å². The number of phenolic OH excluding ortho intramolecular Hbond substituents is 1. The Hall–Kier alpha value is -0.0700. The Balaban J connectivity index is 0.00000220. The van der Waals surface area contributed by atoms with Gasteiger partial charge >= 0.3 is 0 Å². The second-order valence-electron chi connectivity index (χ2n) is 5.76. The molecular weight excluding hydrogens is 394 g/mol. The van der Waals surface area contributed by atoms with Crippen molar-refractivity contribution in [2.24, 2.45) is 5.92 Å². The van der Waals surface area contributed by atoms with Gasteiger partial charge in [0.1, 0.15) is 11.6 Å². The van der Waals surface area contributed by atoms with Crippen molar-refractivity contribution in [1.82, 2.24) is 10.2 Å². The predicted molar refractivity (Wildman–Crippen MR) is 96.9 cm³/mol. The number of halogens is 4. The highest BCUT2D eigenvalue weighted by atomic mass is 79.9. The number of nitrogens with zero attached hydrogens (tertiary/aromatic N) is 1. The SMILES string of the molecule is CC(C)C[C@H](c1cc(F)cc(Br)c1O)N1CCNCC1.Cl.Cl. The molecule has 7 heteroatoms. The van der Waals surface area contributed by atoms with Gasteiger partial charge in [-0.25, -0.2) is 4.39 Å². The van der Waals surface area contributed by atoms with Crippen molar-refractivity contribution in [3.05, 3.63) is 28.0 Å². The van der Waals surface area contributed by atoms with E-state index in [-0.39, 0.29) is 42.4 Å². The topological polar surface area (TPSA) is 35.5 Å². The summed E-state index contributed by atoms with van der Waals surface area (Å²) < 4.78 is 14.1. The number of hydrogen-bond acceptors (Lipinski definition) is 3. The molecule has 1 saturated heterocycles. The van der Waals surface area contributed by atoms with E-state index in [9.17, 15) is 9.50 Å². The molecule has 128 valence electrons. The fourth-order valence-corrected chi connectivity index (χ4v) is 3.20. The monoisotopic (exact) mass is 416 g/mol. The van der Waals surface area contributed by atoms with Crippen molar-refractivity contribution >= 4 is 40.7 Å². The van der Waals surface area contributed by atoms with Gasteiger partial charge in [0.2, 0.25) is 0 Å². The van der Waals surface area contributed by atoms with Crippen molar-refractivity contribution < 1.29 is 9.50 Å². The molecule has 1 aromatic carbocycles. The second-order valence-corrected chi connectivity index (χ2v) is 6.61. The first kappa shape index (κ1) is 21.9. The predicted octanol–water partition coefficient (Wildman–Crippen LogP) is 4.13. The number of hydrogen-bond donors (Lipinski definition) is 2. The van der Waals surface area contributed by atoms with Gasteiger partial charge in [-0.1, -0.05) is 13.8 Å². The molecule has 0 saturated carbocycles. The summed E-state index contributed by atoms with van der Waals surface area (Å²) in [5.74, 6) is 0.334. The van der Waals surface area contributed by atoms with Crippen LogP contribution >= 0.6 is 40.7 Å². The highest BCUT2D eigenvalue weighted by molar-refractivity contribution is 9.10. The fraction of sp³-hybridized carbons (Fsp3) is 0.600. The number of benzene rings is 1. The molecule has 3 nitrogen and oxygen atoms in total. The standard InChI is InChI=1S/C15H22BrFN2O.2ClH/c1-10(2)7-14(19-5-3-18-4-6-19)12-8-11(17)9-13(16)15(12)20;;/h8-10,14,18,20H,3-7H2,1-2H3;2*1H/t14-;;/m1../s1. The molecular formula is C15H24BrCl2FN2O. The third kappa shape index (κ3) is 5.53. The molecule has 0 radical (unpaired) electrons. The van der Waals surface area contributed by atoms with Gasteiger partial charge in [-0.05, 0) is 40.4 Å². The Morgan fingerprint density at radius 2 is 1.86 bits per heavy atom. The maximum Gasteiger partial charge on any atom is 0.134 e. The van der Waals surface area contributed by atoms with Crippen LogP contribution in [-0.4, -0.2) is 36.2 Å². The molecule has 1 heterocycles. The van der Waals surface area contributed by atoms with Crippen LogP contribution < -0.4 is 5.32 Å². The zero-order valence-electron chi connectivity index (χ0n) is 12.8. The van der Waals surface area contributed by atoms with E-state index in [1.807, 2.05) is 0 Å². The van der Waals surface area contributed by atoms with E-state index in [1.165, 1.54) is 12.1 Å². The number of aromatic hydroxyl groups is 1. The summed E-state index contributed by atoms with van der Waals surface area (Å²) in [6.07, 6.45) is 0.906. The van der Waals surface area contributed by atoms with Crippen molar-refractivity contribution in [3.8, 4) is 5.75 Å². The van der Waals surface area contributed by atoms with Crippen LogP contribution in [0.5, 0.6) is 5.75 Å². The van der Waals surface area contributed by atoms with Crippen molar-refractivity contribution in [3.63, 3.8) is 0 Å². The van der Waals surface area contributed by atoms with Crippen molar-refractivity contribution in [2.45, 2.75) is 26.3 Å². The van der Waals surface area contributed by atoms with Crippen LogP contribution in [0.4, 0.5) is 4.39 Å². The highest BCUT2D eigenvalue weighted by Crippen LogP contribution is 2.38. The van der Waals surface area contributed by atoms with Crippen LogP contribution in [0.25, 0.3) is 0 Å². The lowest BCUT2D eigenvalue weighted by molar-refractivity contribution is 0.151. The Morgan fingerprint density at radius 3 is 2.41 bits per heavy atom. The summed E-state index contributed by atoms with van der Waals surface area (Å²) in [5, 5.41) is 13.6. The molecule has 2 rings (SSSR count). The van der Waals surface area contributed by atoms with Gasteiger partial charge in [-0.2, -0.15) is 0 Å². The lowest BCUT2D eigenvalue weighted by Gasteiger charge is -2.36. The first-order chi connectivity index (χ1) is 9.49. The zero-order valence-corrected chi connectivity index (χ0v) is 16.0. The molecule has 1 aromatic rings. The molecule has 1 atom stereocenters. The van der Waals surface area contributed by atoms with E-state index in [1.54, 1.807) is 0 Å². The zero-order chi connectivity index (χ0) is 14.7. The van der Waals surface area contributed by atoms with Gasteiger partial charge in [-0.15, -0.1) is 24.8 Å². The van der Waals surface area contributed by atoms with Crippen molar-refractivity contribution in [2.75, 3.05) is 26.2 Å². The largest absolute Gasteiger partial charge is 0.506 e. The maximum absolute atomic E-state index is 13.7. The first-order valence-electron chi connectivity index (χ1n) is 7.11. The number of rotatable bonds is 4. The first-order valence-corrected chi connectivity index (χ1v) is 7.91. The lowest BCUT2D eigenvalue weighted by Crippen LogP contribution is -2.45. The van der Waals surface area contributed by atoms with Crippen LogP contribution in [-0.2, 0) is 0 Å². The third-order valence-electron chi connectivity index (χ3n) is 3.70. The van der Waals surface area contributed by atoms with E-state index >= 15 is 0 Å². The normalized spacial score (nSPS) is 16.8. The van der Waals surface area contributed by atoms with Crippen LogP contribution in [0.15, 0.2) is 16.6 Å². The number of piperazine rings is 1. The summed E-state index contributed by atoms with van der Waals surface area (Å²) in [7, 11) is 0. The summed E-state index contributed by atoms with van der Waals surface area (Å²) in [6.45, 7) is 8.02. The average molecular weight is 418 g/mol. The van der Waals surface area contributed by atoms with Gasteiger partial charge in [0, 0.05) is 37.8 Å². The molecule has 1 aliphatic rings. The quantitative estimate of drug-likeness (QED) is 0.772. The maximum atomic E-state index is 13.7. The molecule has 1 fully saturated rings. The molecule has 22 heavy (non-hydrogen) atoms. The molecule has 0 amide bonds. The highest BCUT2D eigenvalue weighted by Gasteiger charge is 2.26. The molecule has 1 aliphatic heterocycles. The minimum Gasteiger partial charge on any atom is -0.506 e. The Bertz CT molecular complexity index is 471.